The molecule has 0 aliphatic rings. The first-order valence-electron chi connectivity index (χ1n) is 2.29. The molecule has 0 fully saturated rings. The number of hydrogen-bond acceptors (Lipinski definition) is 1. The average molecular weight is 198 g/mol. The van der Waals surface area contributed by atoms with Crippen molar-refractivity contribution in [1.82, 2.24) is 0 Å². The zero-order valence-corrected chi connectivity index (χ0v) is 8.60. The normalized spacial score (nSPS) is 16.0. The van der Waals surface area contributed by atoms with Crippen molar-refractivity contribution in [2.45, 2.75) is 11.7 Å². The Labute approximate surface area is 56.9 Å². The molecule has 0 aromatic carbocycles. The second-order valence-corrected chi connectivity index (χ2v) is 6.57. The van der Waals surface area contributed by atoms with Crippen molar-refractivity contribution in [1.29, 1.82) is 0 Å². The topological polar surface area (TPSA) is 57.5 Å². The van der Waals surface area contributed by atoms with E-state index in [9.17, 15) is 4.57 Å². The molecule has 0 saturated heterocycles. The van der Waals surface area contributed by atoms with E-state index in [0.717, 1.165) is 16.5 Å². The van der Waals surface area contributed by atoms with Crippen molar-refractivity contribution in [3.63, 3.8) is 0 Å². The van der Waals surface area contributed by atoms with Crippen molar-refractivity contribution >= 4 is 24.1 Å². The van der Waals surface area contributed by atoms with Gasteiger partial charge < -0.3 is 0 Å². The van der Waals surface area contributed by atoms with E-state index in [2.05, 4.69) is 0 Å². The summed E-state index contributed by atoms with van der Waals surface area (Å²) in [5.74, 6) is 0. The van der Waals surface area contributed by atoms with Crippen molar-refractivity contribution < 1.29 is 14.4 Å². The molecular weight excluding hydrogens is 188 g/mol. The monoisotopic (exact) mass is 199 g/mol. The molecule has 0 amide bonds. The second-order valence-electron chi connectivity index (χ2n) is 1.95. The Morgan fingerprint density at radius 2 is 2.12 bits per heavy atom. The molecule has 0 bridgehead atoms. The zero-order chi connectivity index (χ0) is 6.78. The third-order valence-corrected chi connectivity index (χ3v) is 3.27. The van der Waals surface area contributed by atoms with Crippen LogP contribution in [0, 0.1) is 0 Å². The Balaban J connectivity index is 3.56. The van der Waals surface area contributed by atoms with Crippen LogP contribution in [0.1, 0.15) is 6.92 Å². The summed E-state index contributed by atoms with van der Waals surface area (Å²) >= 11 is 0.950. The molecule has 0 aliphatic heterocycles. The zero-order valence-electron chi connectivity index (χ0n) is 4.74. The minimum atomic E-state index is -3.69. The molecule has 0 rings (SSSR count). The molecule has 49 valence electrons. The molecule has 0 spiro atoms. The van der Waals surface area contributed by atoms with Crippen LogP contribution in [0.2, 0.25) is 4.75 Å². The van der Waals surface area contributed by atoms with Crippen LogP contribution in [0.4, 0.5) is 0 Å². The Bertz CT molecular complexity index is 107. The standard InChI is InChI=1S/C3H10GeO3P/c1-3(4)2-8(5,6)7/h3H,2,4H2,1H3,(H2,5,6,7). The molecule has 0 saturated carbocycles. The maximum absolute atomic E-state index is 10.2. The number of hydrogen-bond donors (Lipinski definition) is 2. The summed E-state index contributed by atoms with van der Waals surface area (Å²) in [4.78, 5) is 16.6. The van der Waals surface area contributed by atoms with Crippen LogP contribution in [0.15, 0.2) is 0 Å². The third kappa shape index (κ3) is 6.69. The fourth-order valence-electron chi connectivity index (χ4n) is 0.406. The van der Waals surface area contributed by atoms with Crippen LogP contribution >= 0.6 is 7.60 Å². The molecule has 1 unspecified atom stereocenters. The fourth-order valence-corrected chi connectivity index (χ4v) is 3.34. The van der Waals surface area contributed by atoms with E-state index in [1.54, 1.807) is 0 Å². The van der Waals surface area contributed by atoms with E-state index in [4.69, 9.17) is 9.79 Å². The van der Waals surface area contributed by atoms with E-state index in [1.165, 1.54) is 0 Å². The van der Waals surface area contributed by atoms with Gasteiger partial charge in [0.15, 0.2) is 0 Å². The van der Waals surface area contributed by atoms with E-state index >= 15 is 0 Å². The average Bonchev–Trinajstić information content (AvgIpc) is 1.21. The van der Waals surface area contributed by atoms with Crippen molar-refractivity contribution in [3.05, 3.63) is 0 Å². The molecule has 2 N–H and O–H groups in total. The molecule has 5 heteroatoms. The van der Waals surface area contributed by atoms with Gasteiger partial charge in [-0.15, -0.1) is 0 Å². The summed E-state index contributed by atoms with van der Waals surface area (Å²) in [7, 11) is -3.69. The molecule has 1 radical (unpaired) electrons. The van der Waals surface area contributed by atoms with E-state index in [-0.39, 0.29) is 10.9 Å². The molecule has 3 nitrogen and oxygen atoms in total. The summed E-state index contributed by atoms with van der Waals surface area (Å²) in [6, 6.07) is 0. The second kappa shape index (κ2) is 3.01. The maximum atomic E-state index is 10.2. The van der Waals surface area contributed by atoms with Gasteiger partial charge in [0.25, 0.3) is 0 Å². The predicted molar refractivity (Wildman–Crippen MR) is 34.9 cm³/mol. The summed E-state index contributed by atoms with van der Waals surface area (Å²) in [5, 5.41) is 0. The Morgan fingerprint density at radius 1 is 1.75 bits per heavy atom. The molecule has 0 aromatic heterocycles. The number of rotatable bonds is 2. The van der Waals surface area contributed by atoms with E-state index in [1.807, 2.05) is 6.92 Å². The van der Waals surface area contributed by atoms with Gasteiger partial charge in [0, 0.05) is 0 Å². The van der Waals surface area contributed by atoms with Crippen LogP contribution in [-0.2, 0) is 4.57 Å². The van der Waals surface area contributed by atoms with E-state index in [0.29, 0.717) is 0 Å². The first-order valence-corrected chi connectivity index (χ1v) is 5.80. The van der Waals surface area contributed by atoms with E-state index < -0.39 is 7.60 Å². The van der Waals surface area contributed by atoms with Crippen molar-refractivity contribution in [2.24, 2.45) is 0 Å². The first-order chi connectivity index (χ1) is 3.42. The van der Waals surface area contributed by atoms with Crippen LogP contribution in [-0.4, -0.2) is 32.5 Å². The summed E-state index contributed by atoms with van der Waals surface area (Å²) in [6.45, 7) is 1.83. The predicted octanol–water partition coefficient (Wildman–Crippen LogP) is -0.394. The molecule has 0 aliphatic carbocycles. The Hall–Kier alpha value is 0.693. The minimum absolute atomic E-state index is 0.0486. The van der Waals surface area contributed by atoms with Gasteiger partial charge in [0.05, 0.1) is 0 Å². The van der Waals surface area contributed by atoms with Crippen LogP contribution in [0.25, 0.3) is 0 Å². The van der Waals surface area contributed by atoms with Gasteiger partial charge >= 0.3 is 56.3 Å². The van der Waals surface area contributed by atoms with Gasteiger partial charge in [-0.25, -0.2) is 0 Å². The van der Waals surface area contributed by atoms with Gasteiger partial charge in [-0.05, 0) is 0 Å². The first kappa shape index (κ1) is 8.69. The molecule has 1 atom stereocenters. The Morgan fingerprint density at radius 3 is 2.12 bits per heavy atom. The molecule has 0 aromatic rings. The molecule has 8 heavy (non-hydrogen) atoms. The van der Waals surface area contributed by atoms with Gasteiger partial charge in [0.1, 0.15) is 0 Å². The third-order valence-electron chi connectivity index (χ3n) is 0.550. The van der Waals surface area contributed by atoms with Gasteiger partial charge in [0.2, 0.25) is 0 Å². The van der Waals surface area contributed by atoms with Crippen LogP contribution in [0.3, 0.4) is 0 Å². The van der Waals surface area contributed by atoms with Crippen molar-refractivity contribution in [2.75, 3.05) is 6.16 Å². The summed E-state index contributed by atoms with van der Waals surface area (Å²) in [6.07, 6.45) is 0.0486. The van der Waals surface area contributed by atoms with Gasteiger partial charge in [-0.3, -0.25) is 0 Å². The SMILES string of the molecule is C[CH]([GeH2])CP(=O)(O)O. The Kier molecular flexibility index (Phi) is 3.27. The van der Waals surface area contributed by atoms with Gasteiger partial charge in [-0.1, -0.05) is 0 Å². The van der Waals surface area contributed by atoms with Crippen LogP contribution < -0.4 is 0 Å². The summed E-state index contributed by atoms with van der Waals surface area (Å²) in [5.41, 5.74) is 0. The summed E-state index contributed by atoms with van der Waals surface area (Å²) < 4.78 is 10.4. The quantitative estimate of drug-likeness (QED) is 0.468. The fraction of sp³-hybridized carbons (Fsp3) is 1.00. The molecule has 0 heterocycles. The molecular formula is C3H10GeO3P. The van der Waals surface area contributed by atoms with Crippen molar-refractivity contribution in [3.8, 4) is 0 Å². The van der Waals surface area contributed by atoms with Crippen LogP contribution in [0.5, 0.6) is 0 Å². The van der Waals surface area contributed by atoms with Gasteiger partial charge in [-0.2, -0.15) is 0 Å².